The number of unbranched alkanes of at least 4 members (excludes halogenated alkanes) is 41. The maximum Gasteiger partial charge on any atom is 0.306 e. The van der Waals surface area contributed by atoms with Crippen molar-refractivity contribution in [3.05, 3.63) is 0 Å². The van der Waals surface area contributed by atoms with Gasteiger partial charge < -0.3 is 14.2 Å². The summed E-state index contributed by atoms with van der Waals surface area (Å²) in [4.78, 5) is 38.0. The van der Waals surface area contributed by atoms with Gasteiger partial charge in [-0.1, -0.05) is 284 Å². The first-order valence-electron chi connectivity index (χ1n) is 28.0. The van der Waals surface area contributed by atoms with Gasteiger partial charge in [0.05, 0.1) is 0 Å². The van der Waals surface area contributed by atoms with E-state index >= 15 is 0 Å². The summed E-state index contributed by atoms with van der Waals surface area (Å²) >= 11 is 0. The van der Waals surface area contributed by atoms with Crippen LogP contribution in [-0.2, 0) is 28.6 Å². The van der Waals surface area contributed by atoms with Crippen LogP contribution in [0.3, 0.4) is 0 Å². The van der Waals surface area contributed by atoms with Crippen molar-refractivity contribution in [2.24, 2.45) is 0 Å². The average molecular weight is 877 g/mol. The first-order chi connectivity index (χ1) is 30.5. The molecule has 62 heavy (non-hydrogen) atoms. The van der Waals surface area contributed by atoms with E-state index in [-0.39, 0.29) is 31.1 Å². The Morgan fingerprint density at radius 2 is 0.435 bits per heavy atom. The van der Waals surface area contributed by atoms with Crippen LogP contribution in [0.5, 0.6) is 0 Å². The summed E-state index contributed by atoms with van der Waals surface area (Å²) in [5.74, 6) is -0.838. The van der Waals surface area contributed by atoms with Crippen molar-refractivity contribution in [3.8, 4) is 0 Å². The minimum absolute atomic E-state index is 0.0615. The number of hydrogen-bond donors (Lipinski definition) is 0. The zero-order valence-electron chi connectivity index (χ0n) is 42.2. The summed E-state index contributed by atoms with van der Waals surface area (Å²) in [6.45, 7) is 6.68. The van der Waals surface area contributed by atoms with Crippen LogP contribution in [0.15, 0.2) is 0 Å². The van der Waals surface area contributed by atoms with Gasteiger partial charge in [-0.3, -0.25) is 14.4 Å². The van der Waals surface area contributed by atoms with Crippen LogP contribution in [0.1, 0.15) is 323 Å². The molecule has 0 saturated heterocycles. The van der Waals surface area contributed by atoms with Gasteiger partial charge in [0, 0.05) is 19.3 Å². The Kier molecular flexibility index (Phi) is 50.7. The molecule has 0 aromatic heterocycles. The Labute approximate surface area is 387 Å². The molecule has 0 fully saturated rings. The van der Waals surface area contributed by atoms with E-state index < -0.39 is 6.10 Å². The second-order valence-electron chi connectivity index (χ2n) is 19.2. The first-order valence-corrected chi connectivity index (χ1v) is 28.0. The van der Waals surface area contributed by atoms with Gasteiger partial charge in [0.15, 0.2) is 6.10 Å². The molecule has 6 heteroatoms. The third-order valence-electron chi connectivity index (χ3n) is 12.9. The van der Waals surface area contributed by atoms with Gasteiger partial charge in [-0.25, -0.2) is 0 Å². The van der Waals surface area contributed by atoms with E-state index in [1.54, 1.807) is 0 Å². The molecule has 0 aliphatic rings. The Morgan fingerprint density at radius 3 is 0.645 bits per heavy atom. The maximum absolute atomic E-state index is 12.8. The molecule has 0 bridgehead atoms. The number of hydrogen-bond acceptors (Lipinski definition) is 6. The van der Waals surface area contributed by atoms with Crippen LogP contribution in [0.2, 0.25) is 0 Å². The fraction of sp³-hybridized carbons (Fsp3) is 0.946. The van der Waals surface area contributed by atoms with Crippen molar-refractivity contribution < 1.29 is 28.6 Å². The molecule has 0 spiro atoms. The Bertz CT molecular complexity index is 920. The summed E-state index contributed by atoms with van der Waals surface area (Å²) < 4.78 is 16.8. The lowest BCUT2D eigenvalue weighted by Gasteiger charge is -2.18. The predicted molar refractivity (Wildman–Crippen MR) is 266 cm³/mol. The zero-order valence-corrected chi connectivity index (χ0v) is 42.2. The van der Waals surface area contributed by atoms with E-state index in [0.29, 0.717) is 19.3 Å². The Balaban J connectivity index is 4.19. The quantitative estimate of drug-likeness (QED) is 0.0344. The van der Waals surface area contributed by atoms with Crippen LogP contribution in [0.25, 0.3) is 0 Å². The SMILES string of the molecule is CCCCCCCCCCCCCCCCCCCCCCCC(=O)OCC(COC(=O)CCCCCCCCCCCCC)OC(=O)CCCCCCCCCCCCCC. The molecule has 0 N–H and O–H groups in total. The molecule has 6 nitrogen and oxygen atoms in total. The first kappa shape index (κ1) is 60.4. The van der Waals surface area contributed by atoms with E-state index in [9.17, 15) is 14.4 Å². The molecular formula is C56H108O6. The Morgan fingerprint density at radius 1 is 0.258 bits per heavy atom. The summed E-state index contributed by atoms with van der Waals surface area (Å²) in [6.07, 6.45) is 56.7. The van der Waals surface area contributed by atoms with Crippen molar-refractivity contribution >= 4 is 17.9 Å². The third-order valence-corrected chi connectivity index (χ3v) is 12.9. The number of carbonyl (C=O) groups excluding carboxylic acids is 3. The molecule has 0 rings (SSSR count). The summed E-state index contributed by atoms with van der Waals surface area (Å²) in [5, 5.41) is 0. The molecule has 0 aromatic carbocycles. The number of carbonyl (C=O) groups is 3. The number of esters is 3. The molecule has 0 saturated carbocycles. The van der Waals surface area contributed by atoms with E-state index in [1.165, 1.54) is 225 Å². The summed E-state index contributed by atoms with van der Waals surface area (Å²) in [6, 6.07) is 0. The third kappa shape index (κ3) is 49.4. The number of ether oxygens (including phenoxy) is 3. The topological polar surface area (TPSA) is 78.9 Å². The van der Waals surface area contributed by atoms with Crippen LogP contribution in [0, 0.1) is 0 Å². The highest BCUT2D eigenvalue weighted by Crippen LogP contribution is 2.17. The lowest BCUT2D eigenvalue weighted by atomic mass is 10.0. The van der Waals surface area contributed by atoms with E-state index in [1.807, 2.05) is 0 Å². The highest BCUT2D eigenvalue weighted by Gasteiger charge is 2.19. The standard InChI is InChI=1S/C56H108O6/c1-4-7-10-13-16-19-22-24-25-26-27-28-29-30-31-32-35-37-40-43-46-49-55(58)61-52-53(51-60-54(57)48-45-42-39-36-33-21-18-15-12-9-6-3)62-56(59)50-47-44-41-38-34-23-20-17-14-11-8-5-2/h53H,4-52H2,1-3H3. The maximum atomic E-state index is 12.8. The van der Waals surface area contributed by atoms with Gasteiger partial charge in [-0.15, -0.1) is 0 Å². The van der Waals surface area contributed by atoms with Crippen molar-refractivity contribution in [2.75, 3.05) is 13.2 Å². The van der Waals surface area contributed by atoms with Gasteiger partial charge in [0.1, 0.15) is 13.2 Å². The smallest absolute Gasteiger partial charge is 0.306 e. The molecule has 0 radical (unpaired) electrons. The van der Waals surface area contributed by atoms with E-state index in [2.05, 4.69) is 20.8 Å². The van der Waals surface area contributed by atoms with Crippen LogP contribution in [0.4, 0.5) is 0 Å². The van der Waals surface area contributed by atoms with Gasteiger partial charge in [-0.2, -0.15) is 0 Å². The summed E-state index contributed by atoms with van der Waals surface area (Å²) in [5.41, 5.74) is 0. The van der Waals surface area contributed by atoms with Crippen molar-refractivity contribution in [1.82, 2.24) is 0 Å². The second kappa shape index (κ2) is 52.0. The summed E-state index contributed by atoms with van der Waals surface area (Å²) in [7, 11) is 0. The minimum atomic E-state index is -0.759. The fourth-order valence-corrected chi connectivity index (χ4v) is 8.62. The lowest BCUT2D eigenvalue weighted by molar-refractivity contribution is -0.167. The molecule has 0 heterocycles. The zero-order chi connectivity index (χ0) is 45.1. The molecule has 0 amide bonds. The molecule has 1 unspecified atom stereocenters. The van der Waals surface area contributed by atoms with Gasteiger partial charge in [0.2, 0.25) is 0 Å². The van der Waals surface area contributed by atoms with Gasteiger partial charge in [-0.05, 0) is 19.3 Å². The largest absolute Gasteiger partial charge is 0.462 e. The average Bonchev–Trinajstić information content (AvgIpc) is 3.27. The monoisotopic (exact) mass is 877 g/mol. The van der Waals surface area contributed by atoms with Crippen molar-refractivity contribution in [2.45, 2.75) is 329 Å². The van der Waals surface area contributed by atoms with E-state index in [0.717, 1.165) is 57.8 Å². The normalized spacial score (nSPS) is 11.9. The predicted octanol–water partition coefficient (Wildman–Crippen LogP) is 18.4. The fourth-order valence-electron chi connectivity index (χ4n) is 8.62. The second-order valence-corrected chi connectivity index (χ2v) is 19.2. The molecular weight excluding hydrogens is 769 g/mol. The molecule has 368 valence electrons. The van der Waals surface area contributed by atoms with E-state index in [4.69, 9.17) is 14.2 Å². The Hall–Kier alpha value is -1.59. The number of rotatable bonds is 52. The van der Waals surface area contributed by atoms with Gasteiger partial charge >= 0.3 is 17.9 Å². The molecule has 0 aromatic rings. The molecule has 0 aliphatic heterocycles. The highest BCUT2D eigenvalue weighted by molar-refractivity contribution is 5.71. The van der Waals surface area contributed by atoms with Crippen molar-refractivity contribution in [3.63, 3.8) is 0 Å². The molecule has 1 atom stereocenters. The van der Waals surface area contributed by atoms with Crippen LogP contribution >= 0.6 is 0 Å². The van der Waals surface area contributed by atoms with Crippen LogP contribution in [-0.4, -0.2) is 37.2 Å². The lowest BCUT2D eigenvalue weighted by Crippen LogP contribution is -2.30. The van der Waals surface area contributed by atoms with Crippen LogP contribution < -0.4 is 0 Å². The van der Waals surface area contributed by atoms with Gasteiger partial charge in [0.25, 0.3) is 0 Å². The molecule has 0 aliphatic carbocycles. The van der Waals surface area contributed by atoms with Crippen molar-refractivity contribution in [1.29, 1.82) is 0 Å². The highest BCUT2D eigenvalue weighted by atomic mass is 16.6. The minimum Gasteiger partial charge on any atom is -0.462 e.